The topological polar surface area (TPSA) is 55.6 Å². The van der Waals surface area contributed by atoms with Crippen LogP contribution in [-0.4, -0.2) is 18.2 Å². The van der Waals surface area contributed by atoms with Crippen LogP contribution in [0.4, 0.5) is 23.7 Å². The number of carbonyl (C=O) groups is 1. The van der Waals surface area contributed by atoms with Crippen LogP contribution >= 0.6 is 0 Å². The van der Waals surface area contributed by atoms with E-state index < -0.39 is 23.9 Å². The second-order valence-corrected chi connectivity index (χ2v) is 5.73. The van der Waals surface area contributed by atoms with Crippen LogP contribution < -0.4 is 10.6 Å². The highest BCUT2D eigenvalue weighted by molar-refractivity contribution is 5.90. The van der Waals surface area contributed by atoms with E-state index in [1.807, 2.05) is 0 Å². The summed E-state index contributed by atoms with van der Waals surface area (Å²) in [5, 5.41) is 0. The molecule has 0 aromatic heterocycles. The van der Waals surface area contributed by atoms with Gasteiger partial charge < -0.3 is 10.5 Å². The number of fused-ring (bicyclic) bond motifs is 1. The third-order valence-electron chi connectivity index (χ3n) is 3.59. The molecule has 0 saturated carbocycles. The van der Waals surface area contributed by atoms with Crippen LogP contribution in [0.5, 0.6) is 0 Å². The van der Waals surface area contributed by atoms with Crippen molar-refractivity contribution < 1.29 is 22.7 Å². The van der Waals surface area contributed by atoms with E-state index >= 15 is 0 Å². The predicted molar refractivity (Wildman–Crippen MR) is 76.5 cm³/mol. The molecule has 1 heterocycles. The molecule has 1 aliphatic rings. The molecule has 7 heteroatoms. The second-order valence-electron chi connectivity index (χ2n) is 5.73. The molecular weight excluding hydrogens is 297 g/mol. The zero-order valence-electron chi connectivity index (χ0n) is 12.6. The molecule has 0 fully saturated rings. The van der Waals surface area contributed by atoms with E-state index in [9.17, 15) is 18.0 Å². The number of alkyl halides is 3. The molecule has 2 unspecified atom stereocenters. The highest BCUT2D eigenvalue weighted by Gasteiger charge is 2.41. The highest BCUT2D eigenvalue weighted by atomic mass is 19.4. The maximum absolute atomic E-state index is 13.2. The summed E-state index contributed by atoms with van der Waals surface area (Å²) in [6, 6.07) is 2.63. The van der Waals surface area contributed by atoms with Gasteiger partial charge in [-0.15, -0.1) is 0 Å². The predicted octanol–water partition coefficient (Wildman–Crippen LogP) is 3.85. The van der Waals surface area contributed by atoms with Gasteiger partial charge in [0.15, 0.2) is 0 Å². The van der Waals surface area contributed by atoms with Gasteiger partial charge in [-0.05, 0) is 39.3 Å². The van der Waals surface area contributed by atoms with Gasteiger partial charge in [0.2, 0.25) is 0 Å². The first-order chi connectivity index (χ1) is 10.1. The lowest BCUT2D eigenvalue weighted by Gasteiger charge is -2.38. The summed E-state index contributed by atoms with van der Waals surface area (Å²) in [6.45, 7) is 5.11. The average Bonchev–Trinajstić information content (AvgIpc) is 2.35. The Morgan fingerprint density at radius 2 is 2.05 bits per heavy atom. The lowest BCUT2D eigenvalue weighted by atomic mass is 9.89. The third kappa shape index (κ3) is 3.04. The van der Waals surface area contributed by atoms with Gasteiger partial charge in [0, 0.05) is 17.6 Å². The Bertz CT molecular complexity index is 572. The summed E-state index contributed by atoms with van der Waals surface area (Å²) in [7, 11) is 0. The summed E-state index contributed by atoms with van der Waals surface area (Å²) in [5.41, 5.74) is 5.25. The number of nitrogens with zero attached hydrogens (tertiary/aromatic N) is 1. The zero-order chi connectivity index (χ0) is 16.7. The van der Waals surface area contributed by atoms with Crippen molar-refractivity contribution in [2.45, 2.75) is 51.6 Å². The SMILES string of the molecule is CC(C)OC(=O)N1c2cccc(C(F)(F)F)c2C(N)CC1C. The van der Waals surface area contributed by atoms with E-state index in [1.165, 1.54) is 17.0 Å². The monoisotopic (exact) mass is 316 g/mol. The van der Waals surface area contributed by atoms with Crippen molar-refractivity contribution in [1.82, 2.24) is 0 Å². The molecule has 1 aromatic rings. The Balaban J connectivity index is 2.54. The lowest BCUT2D eigenvalue weighted by molar-refractivity contribution is -0.138. The molecule has 0 bridgehead atoms. The van der Waals surface area contributed by atoms with E-state index in [-0.39, 0.29) is 29.8 Å². The van der Waals surface area contributed by atoms with Crippen LogP contribution in [0.25, 0.3) is 0 Å². The fourth-order valence-electron chi connectivity index (χ4n) is 2.76. The van der Waals surface area contributed by atoms with Gasteiger partial charge in [-0.3, -0.25) is 4.90 Å². The zero-order valence-corrected chi connectivity index (χ0v) is 12.6. The minimum Gasteiger partial charge on any atom is -0.446 e. The third-order valence-corrected chi connectivity index (χ3v) is 3.59. The van der Waals surface area contributed by atoms with Crippen molar-refractivity contribution in [2.24, 2.45) is 5.73 Å². The van der Waals surface area contributed by atoms with Crippen molar-refractivity contribution in [3.05, 3.63) is 29.3 Å². The van der Waals surface area contributed by atoms with Crippen molar-refractivity contribution in [2.75, 3.05) is 4.90 Å². The van der Waals surface area contributed by atoms with Crippen LogP contribution in [-0.2, 0) is 10.9 Å². The Hall–Kier alpha value is -1.76. The molecule has 1 aromatic carbocycles. The largest absolute Gasteiger partial charge is 0.446 e. The summed E-state index contributed by atoms with van der Waals surface area (Å²) >= 11 is 0. The normalized spacial score (nSPS) is 21.7. The van der Waals surface area contributed by atoms with Crippen molar-refractivity contribution in [3.8, 4) is 0 Å². The van der Waals surface area contributed by atoms with Crippen LogP contribution in [0, 0.1) is 0 Å². The number of hydrogen-bond donors (Lipinski definition) is 1. The maximum Gasteiger partial charge on any atom is 0.416 e. The van der Waals surface area contributed by atoms with Crippen LogP contribution in [0.3, 0.4) is 0 Å². The fourth-order valence-corrected chi connectivity index (χ4v) is 2.76. The van der Waals surface area contributed by atoms with Crippen molar-refractivity contribution in [1.29, 1.82) is 0 Å². The molecule has 0 aliphatic carbocycles. The van der Waals surface area contributed by atoms with E-state index in [4.69, 9.17) is 10.5 Å². The number of nitrogens with two attached hydrogens (primary N) is 1. The molecule has 1 aliphatic heterocycles. The summed E-state index contributed by atoms with van der Waals surface area (Å²) in [6.07, 6.45) is -5.29. The molecule has 0 saturated heterocycles. The van der Waals surface area contributed by atoms with Gasteiger partial charge >= 0.3 is 12.3 Å². The van der Waals surface area contributed by atoms with E-state index in [0.717, 1.165) is 6.07 Å². The van der Waals surface area contributed by atoms with Gasteiger partial charge in [0.05, 0.1) is 17.4 Å². The first kappa shape index (κ1) is 16.6. The van der Waals surface area contributed by atoms with Crippen molar-refractivity contribution >= 4 is 11.8 Å². The lowest BCUT2D eigenvalue weighted by Crippen LogP contribution is -2.46. The molecule has 22 heavy (non-hydrogen) atoms. The van der Waals surface area contributed by atoms with Crippen LogP contribution in [0.2, 0.25) is 0 Å². The first-order valence-electron chi connectivity index (χ1n) is 7.08. The molecule has 0 radical (unpaired) electrons. The number of hydrogen-bond acceptors (Lipinski definition) is 3. The van der Waals surface area contributed by atoms with E-state index in [1.54, 1.807) is 20.8 Å². The van der Waals surface area contributed by atoms with Gasteiger partial charge in [0.1, 0.15) is 0 Å². The van der Waals surface area contributed by atoms with Gasteiger partial charge in [-0.1, -0.05) is 6.07 Å². The molecule has 2 N–H and O–H groups in total. The number of ether oxygens (including phenoxy) is 1. The Morgan fingerprint density at radius 1 is 1.41 bits per heavy atom. The van der Waals surface area contributed by atoms with Gasteiger partial charge in [-0.2, -0.15) is 13.2 Å². The molecule has 1 amide bonds. The Morgan fingerprint density at radius 3 is 2.59 bits per heavy atom. The summed E-state index contributed by atoms with van der Waals surface area (Å²) < 4.78 is 44.7. The molecule has 2 atom stereocenters. The van der Waals surface area contributed by atoms with Gasteiger partial charge in [-0.25, -0.2) is 4.79 Å². The van der Waals surface area contributed by atoms with E-state index in [0.29, 0.717) is 0 Å². The molecule has 122 valence electrons. The molecular formula is C15H19F3N2O2. The number of amides is 1. The summed E-state index contributed by atoms with van der Waals surface area (Å²) in [4.78, 5) is 13.5. The summed E-state index contributed by atoms with van der Waals surface area (Å²) in [5.74, 6) is 0. The standard InChI is InChI=1S/C15H19F3N2O2/c1-8(2)22-14(21)20-9(3)7-11(19)13-10(15(16,17)18)5-4-6-12(13)20/h4-6,8-9,11H,7,19H2,1-3H3. The van der Waals surface area contributed by atoms with Crippen LogP contribution in [0.1, 0.15) is 44.4 Å². The minimum absolute atomic E-state index is 0.0474. The smallest absolute Gasteiger partial charge is 0.416 e. The molecule has 2 rings (SSSR count). The molecule has 4 nitrogen and oxygen atoms in total. The number of carbonyl (C=O) groups excluding carboxylic acids is 1. The molecule has 0 spiro atoms. The van der Waals surface area contributed by atoms with E-state index in [2.05, 4.69) is 0 Å². The highest BCUT2D eigenvalue weighted by Crippen LogP contribution is 2.43. The Kier molecular flexibility index (Phi) is 4.37. The van der Waals surface area contributed by atoms with Crippen molar-refractivity contribution in [3.63, 3.8) is 0 Å². The minimum atomic E-state index is -4.52. The van der Waals surface area contributed by atoms with Gasteiger partial charge in [0.25, 0.3) is 0 Å². The quantitative estimate of drug-likeness (QED) is 0.856. The average molecular weight is 316 g/mol. The first-order valence-corrected chi connectivity index (χ1v) is 7.08. The maximum atomic E-state index is 13.2. The number of rotatable bonds is 1. The number of anilines is 1. The Labute approximate surface area is 127 Å². The van der Waals surface area contributed by atoms with Crippen LogP contribution in [0.15, 0.2) is 18.2 Å². The number of benzene rings is 1. The number of halogens is 3. The fraction of sp³-hybridized carbons (Fsp3) is 0.533. The second kappa shape index (κ2) is 5.79.